The summed E-state index contributed by atoms with van der Waals surface area (Å²) in [6, 6.07) is 0. The fourth-order valence-corrected chi connectivity index (χ4v) is 1.01. The Kier molecular flexibility index (Phi) is 4.91. The van der Waals surface area contributed by atoms with Gasteiger partial charge in [0.25, 0.3) is 0 Å². The zero-order chi connectivity index (χ0) is 11.2. The second-order valence-electron chi connectivity index (χ2n) is 3.86. The molecule has 0 amide bonds. The Bertz CT molecular complexity index is 241. The predicted octanol–water partition coefficient (Wildman–Crippen LogP) is 1.61. The first-order valence-electron chi connectivity index (χ1n) is 4.34. The van der Waals surface area contributed by atoms with E-state index in [2.05, 4.69) is 4.74 Å². The Hall–Kier alpha value is -1.32. The van der Waals surface area contributed by atoms with Crippen LogP contribution in [0.2, 0.25) is 0 Å². The fourth-order valence-electron chi connectivity index (χ4n) is 1.01. The largest absolute Gasteiger partial charge is 0.478 e. The highest BCUT2D eigenvalue weighted by atomic mass is 16.5. The lowest BCUT2D eigenvalue weighted by atomic mass is 9.85. The minimum atomic E-state index is -0.973. The van der Waals surface area contributed by atoms with Crippen LogP contribution in [-0.4, -0.2) is 24.2 Å². The van der Waals surface area contributed by atoms with E-state index in [4.69, 9.17) is 5.11 Å². The number of hydrogen-bond acceptors (Lipinski definition) is 3. The Morgan fingerprint density at radius 2 is 2.00 bits per heavy atom. The number of hydrogen-bond donors (Lipinski definition) is 1. The van der Waals surface area contributed by atoms with Crippen LogP contribution in [0.1, 0.15) is 26.7 Å². The molecule has 0 aromatic rings. The quantitative estimate of drug-likeness (QED) is 0.541. The zero-order valence-electron chi connectivity index (χ0n) is 8.74. The summed E-state index contributed by atoms with van der Waals surface area (Å²) in [5, 5.41) is 8.36. The molecule has 4 nitrogen and oxygen atoms in total. The number of carbonyl (C=O) groups excluding carboxylic acids is 1. The number of carboxylic acid groups (broad SMARTS) is 1. The van der Waals surface area contributed by atoms with E-state index in [1.165, 1.54) is 7.11 Å². The SMILES string of the molecule is COC(=O)CC(C)(C)CC=CC(=O)O. The zero-order valence-corrected chi connectivity index (χ0v) is 8.74. The molecular weight excluding hydrogens is 184 g/mol. The summed E-state index contributed by atoms with van der Waals surface area (Å²) >= 11 is 0. The summed E-state index contributed by atoms with van der Waals surface area (Å²) in [6.07, 6.45) is 3.45. The fraction of sp³-hybridized carbons (Fsp3) is 0.600. The summed E-state index contributed by atoms with van der Waals surface area (Å²) in [7, 11) is 1.34. The molecule has 0 fully saturated rings. The first-order chi connectivity index (χ1) is 6.37. The third-order valence-corrected chi connectivity index (χ3v) is 1.78. The van der Waals surface area contributed by atoms with Gasteiger partial charge in [-0.3, -0.25) is 4.79 Å². The van der Waals surface area contributed by atoms with Crippen LogP contribution in [0.25, 0.3) is 0 Å². The van der Waals surface area contributed by atoms with Gasteiger partial charge in [0.05, 0.1) is 13.5 Å². The number of rotatable bonds is 5. The van der Waals surface area contributed by atoms with E-state index in [0.29, 0.717) is 6.42 Å². The highest BCUT2D eigenvalue weighted by Crippen LogP contribution is 2.25. The van der Waals surface area contributed by atoms with Gasteiger partial charge in [-0.2, -0.15) is 0 Å². The molecule has 0 radical (unpaired) electrons. The van der Waals surface area contributed by atoms with Crippen LogP contribution < -0.4 is 0 Å². The average Bonchev–Trinajstić information content (AvgIpc) is 2.02. The van der Waals surface area contributed by atoms with Gasteiger partial charge in [0.1, 0.15) is 0 Å². The van der Waals surface area contributed by atoms with Crippen LogP contribution in [0, 0.1) is 5.41 Å². The van der Waals surface area contributed by atoms with Gasteiger partial charge < -0.3 is 9.84 Å². The Morgan fingerprint density at radius 3 is 2.43 bits per heavy atom. The molecule has 0 aliphatic rings. The van der Waals surface area contributed by atoms with Gasteiger partial charge in [-0.1, -0.05) is 19.9 Å². The number of carbonyl (C=O) groups is 2. The molecule has 0 saturated heterocycles. The van der Waals surface area contributed by atoms with Crippen molar-refractivity contribution in [3.63, 3.8) is 0 Å². The molecule has 0 aliphatic heterocycles. The van der Waals surface area contributed by atoms with E-state index >= 15 is 0 Å². The number of methoxy groups -OCH3 is 1. The maximum Gasteiger partial charge on any atom is 0.327 e. The van der Waals surface area contributed by atoms with Crippen LogP contribution >= 0.6 is 0 Å². The number of aliphatic carboxylic acids is 1. The molecule has 0 aliphatic carbocycles. The molecule has 14 heavy (non-hydrogen) atoms. The van der Waals surface area contributed by atoms with Gasteiger partial charge >= 0.3 is 11.9 Å². The summed E-state index contributed by atoms with van der Waals surface area (Å²) in [6.45, 7) is 3.77. The molecule has 1 N–H and O–H groups in total. The van der Waals surface area contributed by atoms with Crippen molar-refractivity contribution >= 4 is 11.9 Å². The van der Waals surface area contributed by atoms with E-state index in [9.17, 15) is 9.59 Å². The standard InChI is InChI=1S/C10H16O4/c1-10(2,7-9(13)14-3)6-4-5-8(11)12/h4-5H,6-7H2,1-3H3,(H,11,12). The lowest BCUT2D eigenvalue weighted by molar-refractivity contribution is -0.142. The van der Waals surface area contributed by atoms with Crippen molar-refractivity contribution in [2.24, 2.45) is 5.41 Å². The minimum Gasteiger partial charge on any atom is -0.478 e. The minimum absolute atomic E-state index is 0.265. The van der Waals surface area contributed by atoms with Gasteiger partial charge in [-0.25, -0.2) is 4.79 Å². The molecule has 0 aromatic carbocycles. The van der Waals surface area contributed by atoms with Gasteiger partial charge in [0.2, 0.25) is 0 Å². The molecule has 0 rings (SSSR count). The van der Waals surface area contributed by atoms with Crippen molar-refractivity contribution in [2.45, 2.75) is 26.7 Å². The molecule has 0 saturated carbocycles. The molecule has 0 unspecified atom stereocenters. The van der Waals surface area contributed by atoms with E-state index in [-0.39, 0.29) is 17.8 Å². The lowest BCUT2D eigenvalue weighted by Crippen LogP contribution is -2.17. The Balaban J connectivity index is 4.07. The molecule has 80 valence electrons. The van der Waals surface area contributed by atoms with Crippen molar-refractivity contribution in [1.29, 1.82) is 0 Å². The number of ether oxygens (including phenoxy) is 1. The summed E-state index contributed by atoms with van der Waals surface area (Å²) < 4.78 is 4.53. The van der Waals surface area contributed by atoms with E-state index in [1.54, 1.807) is 6.08 Å². The van der Waals surface area contributed by atoms with Crippen LogP contribution in [0.3, 0.4) is 0 Å². The maximum absolute atomic E-state index is 11.0. The predicted molar refractivity (Wildman–Crippen MR) is 51.8 cm³/mol. The van der Waals surface area contributed by atoms with E-state index in [1.807, 2.05) is 13.8 Å². The van der Waals surface area contributed by atoms with Gasteiger partial charge in [-0.15, -0.1) is 0 Å². The van der Waals surface area contributed by atoms with Crippen molar-refractivity contribution in [3.05, 3.63) is 12.2 Å². The molecule has 4 heteroatoms. The lowest BCUT2D eigenvalue weighted by Gasteiger charge is -2.20. The molecule has 0 spiro atoms. The number of allylic oxidation sites excluding steroid dienone is 1. The first-order valence-corrected chi connectivity index (χ1v) is 4.34. The second kappa shape index (κ2) is 5.42. The van der Waals surface area contributed by atoms with Crippen molar-refractivity contribution in [2.75, 3.05) is 7.11 Å². The number of esters is 1. The van der Waals surface area contributed by atoms with Gasteiger partial charge in [-0.05, 0) is 11.8 Å². The average molecular weight is 200 g/mol. The third kappa shape index (κ3) is 6.22. The molecule has 0 atom stereocenters. The van der Waals surface area contributed by atoms with Crippen molar-refractivity contribution in [3.8, 4) is 0 Å². The number of carboxylic acids is 1. The second-order valence-corrected chi connectivity index (χ2v) is 3.86. The normalized spacial score (nSPS) is 11.6. The van der Waals surface area contributed by atoms with Crippen LogP contribution in [0.5, 0.6) is 0 Å². The summed E-state index contributed by atoms with van der Waals surface area (Å²) in [4.78, 5) is 21.1. The molecule has 0 heterocycles. The van der Waals surface area contributed by atoms with E-state index in [0.717, 1.165) is 6.08 Å². The summed E-state index contributed by atoms with van der Waals surface area (Å²) in [5.74, 6) is -1.25. The van der Waals surface area contributed by atoms with Gasteiger partial charge in [0, 0.05) is 6.08 Å². The Labute approximate surface area is 83.6 Å². The van der Waals surface area contributed by atoms with Crippen LogP contribution in [0.4, 0.5) is 0 Å². The highest BCUT2D eigenvalue weighted by molar-refractivity contribution is 5.79. The highest BCUT2D eigenvalue weighted by Gasteiger charge is 2.20. The monoisotopic (exact) mass is 200 g/mol. The summed E-state index contributed by atoms with van der Waals surface area (Å²) in [5.41, 5.74) is -0.265. The van der Waals surface area contributed by atoms with Crippen LogP contribution in [-0.2, 0) is 14.3 Å². The maximum atomic E-state index is 11.0. The van der Waals surface area contributed by atoms with E-state index < -0.39 is 5.97 Å². The van der Waals surface area contributed by atoms with Crippen LogP contribution in [0.15, 0.2) is 12.2 Å². The first kappa shape index (κ1) is 12.7. The molecule has 0 aromatic heterocycles. The Morgan fingerprint density at radius 1 is 1.43 bits per heavy atom. The van der Waals surface area contributed by atoms with Gasteiger partial charge in [0.15, 0.2) is 0 Å². The molecular formula is C10H16O4. The van der Waals surface area contributed by atoms with Crippen molar-refractivity contribution < 1.29 is 19.4 Å². The smallest absolute Gasteiger partial charge is 0.327 e. The molecule has 0 bridgehead atoms. The third-order valence-electron chi connectivity index (χ3n) is 1.78. The topological polar surface area (TPSA) is 63.6 Å². The van der Waals surface area contributed by atoms with Crippen molar-refractivity contribution in [1.82, 2.24) is 0 Å².